The molecule has 0 aromatic rings. The van der Waals surface area contributed by atoms with E-state index in [1.54, 1.807) is 7.11 Å². The summed E-state index contributed by atoms with van der Waals surface area (Å²) in [4.78, 5) is 9.82. The first kappa shape index (κ1) is 6.58. The Morgan fingerprint density at radius 2 is 2.44 bits per heavy atom. The van der Waals surface area contributed by atoms with Gasteiger partial charge >= 0.3 is 0 Å². The standard InChI is InChI=1S/C6H10NO2/c1-5-4-7(8-3)9-6(5)2/h6H,1-3H3. The van der Waals surface area contributed by atoms with Gasteiger partial charge in [-0.25, -0.2) is 4.84 Å². The van der Waals surface area contributed by atoms with Crippen molar-refractivity contribution >= 4 is 0 Å². The molecule has 0 bridgehead atoms. The van der Waals surface area contributed by atoms with E-state index in [0.717, 1.165) is 5.57 Å². The first-order valence-electron chi connectivity index (χ1n) is 2.85. The van der Waals surface area contributed by atoms with Gasteiger partial charge in [0.15, 0.2) is 0 Å². The van der Waals surface area contributed by atoms with E-state index < -0.39 is 0 Å². The summed E-state index contributed by atoms with van der Waals surface area (Å²) in [6.07, 6.45) is 2.96. The largest absolute Gasteiger partial charge is 0.252 e. The minimum absolute atomic E-state index is 0.102. The molecular formula is C6H10NO2. The summed E-state index contributed by atoms with van der Waals surface area (Å²) in [5.74, 6) is 0. The lowest BCUT2D eigenvalue weighted by Gasteiger charge is -2.10. The third kappa shape index (κ3) is 1.23. The molecule has 0 saturated carbocycles. The lowest BCUT2D eigenvalue weighted by Crippen LogP contribution is -2.15. The predicted molar refractivity (Wildman–Crippen MR) is 31.8 cm³/mol. The Morgan fingerprint density at radius 1 is 1.78 bits per heavy atom. The van der Waals surface area contributed by atoms with Crippen LogP contribution in [0.1, 0.15) is 13.8 Å². The topological polar surface area (TPSA) is 21.7 Å². The van der Waals surface area contributed by atoms with Gasteiger partial charge in [-0.15, -0.1) is 5.23 Å². The van der Waals surface area contributed by atoms with Gasteiger partial charge in [0, 0.05) is 0 Å². The van der Waals surface area contributed by atoms with Gasteiger partial charge in [-0.05, 0) is 19.4 Å². The molecule has 1 radical (unpaired) electrons. The van der Waals surface area contributed by atoms with Crippen LogP contribution in [0.15, 0.2) is 5.57 Å². The molecule has 1 rings (SSSR count). The third-order valence-corrected chi connectivity index (χ3v) is 1.30. The van der Waals surface area contributed by atoms with Crippen molar-refractivity contribution in [1.29, 1.82) is 0 Å². The zero-order valence-electron chi connectivity index (χ0n) is 5.84. The van der Waals surface area contributed by atoms with Crippen molar-refractivity contribution in [2.75, 3.05) is 7.11 Å². The van der Waals surface area contributed by atoms with Gasteiger partial charge in [-0.1, -0.05) is 0 Å². The fraction of sp³-hybridized carbons (Fsp3) is 0.667. The van der Waals surface area contributed by atoms with Crippen molar-refractivity contribution in [3.8, 4) is 0 Å². The maximum Gasteiger partial charge on any atom is 0.125 e. The van der Waals surface area contributed by atoms with E-state index >= 15 is 0 Å². The second-order valence-electron chi connectivity index (χ2n) is 1.98. The monoisotopic (exact) mass is 128 g/mol. The number of rotatable bonds is 1. The molecular weight excluding hydrogens is 118 g/mol. The van der Waals surface area contributed by atoms with Gasteiger partial charge in [-0.2, -0.15) is 0 Å². The van der Waals surface area contributed by atoms with E-state index in [9.17, 15) is 0 Å². The van der Waals surface area contributed by atoms with Crippen LogP contribution in [0.3, 0.4) is 0 Å². The maximum absolute atomic E-state index is 5.09. The Kier molecular flexibility index (Phi) is 1.73. The molecule has 1 atom stereocenters. The summed E-state index contributed by atoms with van der Waals surface area (Å²) >= 11 is 0. The highest BCUT2D eigenvalue weighted by Crippen LogP contribution is 2.15. The molecule has 3 heteroatoms. The summed E-state index contributed by atoms with van der Waals surface area (Å²) in [5, 5.41) is 1.24. The Balaban J connectivity index is 2.52. The second-order valence-corrected chi connectivity index (χ2v) is 1.98. The summed E-state index contributed by atoms with van der Waals surface area (Å²) in [5.41, 5.74) is 1.05. The smallest absolute Gasteiger partial charge is 0.125 e. The zero-order valence-corrected chi connectivity index (χ0v) is 5.84. The number of hydrogen-bond acceptors (Lipinski definition) is 3. The third-order valence-electron chi connectivity index (χ3n) is 1.30. The summed E-state index contributed by atoms with van der Waals surface area (Å²) in [7, 11) is 1.54. The molecule has 1 heterocycles. The van der Waals surface area contributed by atoms with E-state index in [1.165, 1.54) is 5.23 Å². The maximum atomic E-state index is 5.09. The van der Waals surface area contributed by atoms with Gasteiger partial charge in [0.2, 0.25) is 0 Å². The van der Waals surface area contributed by atoms with Crippen LogP contribution in [0.4, 0.5) is 0 Å². The second kappa shape index (κ2) is 2.37. The SMILES string of the molecule is CON1[C]=C(C)C(C)O1. The van der Waals surface area contributed by atoms with E-state index in [2.05, 4.69) is 6.20 Å². The van der Waals surface area contributed by atoms with Gasteiger partial charge < -0.3 is 0 Å². The lowest BCUT2D eigenvalue weighted by atomic mass is 10.2. The number of hydroxylamine groups is 2. The van der Waals surface area contributed by atoms with Crippen LogP contribution in [-0.2, 0) is 9.68 Å². The number of hydrogen-bond donors (Lipinski definition) is 0. The van der Waals surface area contributed by atoms with Crippen LogP contribution >= 0.6 is 0 Å². The average molecular weight is 128 g/mol. The van der Waals surface area contributed by atoms with Crippen molar-refractivity contribution in [2.45, 2.75) is 20.0 Å². The minimum atomic E-state index is 0.102. The van der Waals surface area contributed by atoms with Crippen molar-refractivity contribution < 1.29 is 9.68 Å². The predicted octanol–water partition coefficient (Wildman–Crippen LogP) is 0.890. The van der Waals surface area contributed by atoms with Crippen molar-refractivity contribution in [2.24, 2.45) is 0 Å². The molecule has 9 heavy (non-hydrogen) atoms. The normalized spacial score (nSPS) is 26.8. The molecule has 0 saturated heterocycles. The van der Waals surface area contributed by atoms with E-state index in [-0.39, 0.29) is 6.10 Å². The van der Waals surface area contributed by atoms with Crippen LogP contribution in [0.5, 0.6) is 0 Å². The Bertz CT molecular complexity index is 133. The van der Waals surface area contributed by atoms with Gasteiger partial charge in [0.05, 0.1) is 7.11 Å². The zero-order chi connectivity index (χ0) is 6.85. The molecule has 1 unspecified atom stereocenters. The van der Waals surface area contributed by atoms with Crippen LogP contribution in [0.25, 0.3) is 0 Å². The molecule has 1 aliphatic rings. The lowest BCUT2D eigenvalue weighted by molar-refractivity contribution is -0.327. The van der Waals surface area contributed by atoms with Crippen LogP contribution in [-0.4, -0.2) is 18.4 Å². The van der Waals surface area contributed by atoms with Crippen LogP contribution in [0, 0.1) is 6.20 Å². The van der Waals surface area contributed by atoms with Gasteiger partial charge in [0.1, 0.15) is 12.3 Å². The van der Waals surface area contributed by atoms with Gasteiger partial charge in [-0.3, -0.25) is 4.84 Å². The summed E-state index contributed by atoms with van der Waals surface area (Å²) < 4.78 is 0. The van der Waals surface area contributed by atoms with Crippen LogP contribution in [0.2, 0.25) is 0 Å². The van der Waals surface area contributed by atoms with Crippen molar-refractivity contribution in [3.63, 3.8) is 0 Å². The molecule has 0 aliphatic carbocycles. The highest BCUT2D eigenvalue weighted by atomic mass is 16.9. The average Bonchev–Trinajstić information content (AvgIpc) is 2.13. The molecule has 0 fully saturated rings. The first-order chi connectivity index (χ1) is 4.24. The molecule has 0 N–H and O–H groups in total. The Hall–Kier alpha value is -0.540. The first-order valence-corrected chi connectivity index (χ1v) is 2.85. The molecule has 0 spiro atoms. The quantitative estimate of drug-likeness (QED) is 0.523. The summed E-state index contributed by atoms with van der Waals surface area (Å²) in [6, 6.07) is 0. The molecule has 0 amide bonds. The van der Waals surface area contributed by atoms with E-state index in [0.29, 0.717) is 0 Å². The van der Waals surface area contributed by atoms with Gasteiger partial charge in [0.25, 0.3) is 0 Å². The molecule has 51 valence electrons. The minimum Gasteiger partial charge on any atom is -0.252 e. The molecule has 0 aromatic carbocycles. The fourth-order valence-corrected chi connectivity index (χ4v) is 0.573. The fourth-order valence-electron chi connectivity index (χ4n) is 0.573. The highest BCUT2D eigenvalue weighted by molar-refractivity contribution is 4.99. The van der Waals surface area contributed by atoms with Crippen molar-refractivity contribution in [1.82, 2.24) is 5.23 Å². The van der Waals surface area contributed by atoms with E-state index in [1.807, 2.05) is 13.8 Å². The Morgan fingerprint density at radius 3 is 2.67 bits per heavy atom. The molecule has 0 aromatic heterocycles. The Labute approximate surface area is 54.8 Å². The highest BCUT2D eigenvalue weighted by Gasteiger charge is 2.18. The molecule has 1 aliphatic heterocycles. The van der Waals surface area contributed by atoms with Crippen molar-refractivity contribution in [3.05, 3.63) is 11.8 Å². The number of nitrogens with zero attached hydrogens (tertiary/aromatic N) is 1. The summed E-state index contributed by atoms with van der Waals surface area (Å²) in [6.45, 7) is 3.89. The van der Waals surface area contributed by atoms with E-state index in [4.69, 9.17) is 9.68 Å². The molecule has 3 nitrogen and oxygen atoms in total. The van der Waals surface area contributed by atoms with Crippen LogP contribution < -0.4 is 0 Å².